The SMILES string of the molecule is C=C(N)/C(F)=C\NC(N)c1n[nH]c(/N=C\C)c1CC. The number of aromatic nitrogens is 2. The number of nitrogens with two attached hydrogens (primary N) is 2. The van der Waals surface area contributed by atoms with E-state index in [1.165, 1.54) is 0 Å². The third kappa shape index (κ3) is 3.65. The maximum absolute atomic E-state index is 13.2. The molecule has 0 radical (unpaired) electrons. The fraction of sp³-hybridized carbons (Fsp3) is 0.333. The topological polar surface area (TPSA) is 105 Å². The molecule has 19 heavy (non-hydrogen) atoms. The minimum absolute atomic E-state index is 0.159. The van der Waals surface area contributed by atoms with Gasteiger partial charge in [0.2, 0.25) is 0 Å². The summed E-state index contributed by atoms with van der Waals surface area (Å²) in [6.07, 6.45) is 2.79. The molecule has 1 atom stereocenters. The molecule has 0 saturated carbocycles. The van der Waals surface area contributed by atoms with Crippen LogP contribution in [0.3, 0.4) is 0 Å². The monoisotopic (exact) mass is 266 g/mol. The summed E-state index contributed by atoms with van der Waals surface area (Å²) in [6.45, 7) is 7.06. The van der Waals surface area contributed by atoms with E-state index in [1.54, 1.807) is 6.21 Å². The van der Waals surface area contributed by atoms with Crippen LogP contribution in [-0.2, 0) is 6.42 Å². The van der Waals surface area contributed by atoms with Gasteiger partial charge in [-0.05, 0) is 13.3 Å². The lowest BCUT2D eigenvalue weighted by molar-refractivity contribution is 0.586. The summed E-state index contributed by atoms with van der Waals surface area (Å²) in [5, 5.41) is 9.57. The standard InChI is InChI=1S/C12H19FN6/c1-4-8-10(18-19-12(8)16-5-2)11(15)17-6-9(13)7(3)14/h5-6,11,17H,3-4,14-15H2,1-2H3,(H,18,19)/b9-6+,16-5-. The fourth-order valence-electron chi connectivity index (χ4n) is 1.55. The molecule has 0 bridgehead atoms. The molecule has 1 unspecified atom stereocenters. The average Bonchev–Trinajstić information content (AvgIpc) is 2.78. The molecule has 0 amide bonds. The summed E-state index contributed by atoms with van der Waals surface area (Å²) in [7, 11) is 0. The molecule has 7 heteroatoms. The van der Waals surface area contributed by atoms with Crippen LogP contribution < -0.4 is 16.8 Å². The molecule has 104 valence electrons. The molecule has 0 fully saturated rings. The van der Waals surface area contributed by atoms with Gasteiger partial charge in [-0.1, -0.05) is 13.5 Å². The Morgan fingerprint density at radius 2 is 2.37 bits per heavy atom. The van der Waals surface area contributed by atoms with Crippen molar-refractivity contribution in [2.45, 2.75) is 26.4 Å². The Balaban J connectivity index is 2.91. The zero-order valence-corrected chi connectivity index (χ0v) is 11.1. The fourth-order valence-corrected chi connectivity index (χ4v) is 1.55. The molecule has 0 aliphatic rings. The van der Waals surface area contributed by atoms with Crippen molar-refractivity contribution in [2.75, 3.05) is 0 Å². The van der Waals surface area contributed by atoms with Crippen molar-refractivity contribution < 1.29 is 4.39 Å². The van der Waals surface area contributed by atoms with Gasteiger partial charge >= 0.3 is 0 Å². The van der Waals surface area contributed by atoms with Gasteiger partial charge < -0.3 is 16.8 Å². The van der Waals surface area contributed by atoms with Crippen molar-refractivity contribution in [3.05, 3.63) is 35.6 Å². The molecular formula is C12H19FN6. The van der Waals surface area contributed by atoms with Crippen molar-refractivity contribution in [1.29, 1.82) is 0 Å². The Hall–Kier alpha value is -2.15. The Morgan fingerprint density at radius 3 is 2.89 bits per heavy atom. The number of nitrogens with zero attached hydrogens (tertiary/aromatic N) is 2. The molecule has 1 rings (SSSR count). The van der Waals surface area contributed by atoms with E-state index < -0.39 is 12.0 Å². The zero-order chi connectivity index (χ0) is 14.4. The number of aromatic amines is 1. The second kappa shape index (κ2) is 6.69. The number of nitrogens with one attached hydrogen (secondary N) is 2. The molecule has 0 aliphatic heterocycles. The first-order valence-electron chi connectivity index (χ1n) is 5.89. The van der Waals surface area contributed by atoms with Gasteiger partial charge in [-0.25, -0.2) is 9.38 Å². The molecule has 1 aromatic heterocycles. The van der Waals surface area contributed by atoms with E-state index in [9.17, 15) is 4.39 Å². The first kappa shape index (κ1) is 14.9. The van der Waals surface area contributed by atoms with Gasteiger partial charge in [0.05, 0.1) is 5.70 Å². The van der Waals surface area contributed by atoms with Crippen LogP contribution in [0, 0.1) is 0 Å². The third-order valence-corrected chi connectivity index (χ3v) is 2.48. The van der Waals surface area contributed by atoms with Crippen LogP contribution in [-0.4, -0.2) is 16.4 Å². The first-order chi connectivity index (χ1) is 9.01. The maximum atomic E-state index is 13.2. The van der Waals surface area contributed by atoms with Gasteiger partial charge in [0, 0.05) is 18.0 Å². The summed E-state index contributed by atoms with van der Waals surface area (Å²) < 4.78 is 13.2. The average molecular weight is 266 g/mol. The predicted molar refractivity (Wildman–Crippen MR) is 74.4 cm³/mol. The van der Waals surface area contributed by atoms with Crippen LogP contribution in [0.25, 0.3) is 0 Å². The highest BCUT2D eigenvalue weighted by Crippen LogP contribution is 2.23. The highest BCUT2D eigenvalue weighted by Gasteiger charge is 2.16. The van der Waals surface area contributed by atoms with Gasteiger partial charge in [-0.2, -0.15) is 5.10 Å². The van der Waals surface area contributed by atoms with Gasteiger partial charge in [-0.3, -0.25) is 5.10 Å². The number of hydrogen-bond donors (Lipinski definition) is 4. The molecule has 0 aliphatic carbocycles. The largest absolute Gasteiger partial charge is 0.397 e. The van der Waals surface area contributed by atoms with Gasteiger partial charge in [0.1, 0.15) is 11.9 Å². The van der Waals surface area contributed by atoms with Gasteiger partial charge in [0.15, 0.2) is 11.6 Å². The van der Waals surface area contributed by atoms with Crippen LogP contribution in [0.4, 0.5) is 10.2 Å². The van der Waals surface area contributed by atoms with E-state index in [0.717, 1.165) is 11.8 Å². The summed E-state index contributed by atoms with van der Waals surface area (Å²) in [4.78, 5) is 4.15. The van der Waals surface area contributed by atoms with E-state index in [-0.39, 0.29) is 5.70 Å². The number of rotatable bonds is 6. The number of H-pyrrole nitrogens is 1. The highest BCUT2D eigenvalue weighted by molar-refractivity contribution is 5.60. The zero-order valence-electron chi connectivity index (χ0n) is 11.1. The second-order valence-electron chi connectivity index (χ2n) is 3.84. The molecule has 0 spiro atoms. The number of aliphatic imine (C=N–C) groups is 1. The number of allylic oxidation sites excluding steroid dienone is 1. The minimum Gasteiger partial charge on any atom is -0.397 e. The lowest BCUT2D eigenvalue weighted by Gasteiger charge is -2.11. The molecule has 0 saturated heterocycles. The summed E-state index contributed by atoms with van der Waals surface area (Å²) in [5.74, 6) is 0.000716. The molecule has 0 aromatic carbocycles. The highest BCUT2D eigenvalue weighted by atomic mass is 19.1. The van der Waals surface area contributed by atoms with Crippen LogP contribution >= 0.6 is 0 Å². The van der Waals surface area contributed by atoms with Crippen molar-refractivity contribution in [3.63, 3.8) is 0 Å². The Morgan fingerprint density at radius 1 is 1.68 bits per heavy atom. The third-order valence-electron chi connectivity index (χ3n) is 2.48. The van der Waals surface area contributed by atoms with Crippen molar-refractivity contribution in [3.8, 4) is 0 Å². The Labute approximate surface area is 111 Å². The molecular weight excluding hydrogens is 247 g/mol. The lowest BCUT2D eigenvalue weighted by Crippen LogP contribution is -2.26. The van der Waals surface area contributed by atoms with E-state index >= 15 is 0 Å². The summed E-state index contributed by atoms with van der Waals surface area (Å²) in [6, 6.07) is 0. The van der Waals surface area contributed by atoms with Crippen LogP contribution in [0.15, 0.2) is 29.3 Å². The van der Waals surface area contributed by atoms with Crippen molar-refractivity contribution in [2.24, 2.45) is 16.5 Å². The van der Waals surface area contributed by atoms with Crippen LogP contribution in [0.5, 0.6) is 0 Å². The minimum atomic E-state index is -0.657. The van der Waals surface area contributed by atoms with Gasteiger partial charge in [-0.15, -0.1) is 0 Å². The van der Waals surface area contributed by atoms with E-state index in [1.807, 2.05) is 13.8 Å². The smallest absolute Gasteiger partial charge is 0.161 e. The first-order valence-corrected chi connectivity index (χ1v) is 5.89. The summed E-state index contributed by atoms with van der Waals surface area (Å²) in [5.41, 5.74) is 12.4. The Bertz CT molecular complexity index is 502. The quantitative estimate of drug-likeness (QED) is 0.356. The normalized spacial score (nSPS) is 13.8. The predicted octanol–water partition coefficient (Wildman–Crippen LogP) is 1.52. The van der Waals surface area contributed by atoms with Crippen LogP contribution in [0.1, 0.15) is 31.3 Å². The van der Waals surface area contributed by atoms with E-state index in [4.69, 9.17) is 11.5 Å². The van der Waals surface area contributed by atoms with Crippen LogP contribution in [0.2, 0.25) is 0 Å². The van der Waals surface area contributed by atoms with E-state index in [0.29, 0.717) is 17.9 Å². The molecule has 1 heterocycles. The summed E-state index contributed by atoms with van der Waals surface area (Å²) >= 11 is 0. The number of hydrogen-bond acceptors (Lipinski definition) is 5. The van der Waals surface area contributed by atoms with E-state index in [2.05, 4.69) is 27.1 Å². The second-order valence-corrected chi connectivity index (χ2v) is 3.84. The van der Waals surface area contributed by atoms with Gasteiger partial charge in [0.25, 0.3) is 0 Å². The maximum Gasteiger partial charge on any atom is 0.161 e. The van der Waals surface area contributed by atoms with Crippen molar-refractivity contribution in [1.82, 2.24) is 15.5 Å². The lowest BCUT2D eigenvalue weighted by atomic mass is 10.1. The molecule has 1 aromatic rings. The van der Waals surface area contributed by atoms with Crippen molar-refractivity contribution >= 4 is 12.0 Å². The number of halogens is 1. The Kier molecular flexibility index (Phi) is 5.25. The molecule has 6 N–H and O–H groups in total. The molecule has 6 nitrogen and oxygen atoms in total.